The van der Waals surface area contributed by atoms with E-state index in [0.29, 0.717) is 0 Å². The summed E-state index contributed by atoms with van der Waals surface area (Å²) in [5, 5.41) is 0. The lowest BCUT2D eigenvalue weighted by molar-refractivity contribution is 0.717. The number of hydrogen-bond donors (Lipinski definition) is 1. The molecule has 0 heterocycles. The van der Waals surface area contributed by atoms with Crippen LogP contribution in [0.15, 0.2) is 55.1 Å². The molecule has 18 heavy (non-hydrogen) atoms. The third-order valence-corrected chi connectivity index (χ3v) is 3.32. The molecule has 1 unspecified atom stereocenters. The van der Waals surface area contributed by atoms with Crippen molar-refractivity contribution in [3.8, 4) is 0 Å². The third-order valence-electron chi connectivity index (χ3n) is 3.32. The van der Waals surface area contributed by atoms with Gasteiger partial charge in [0.05, 0.1) is 0 Å². The Balaban J connectivity index is 2.25. The second-order valence-corrected chi connectivity index (χ2v) is 4.57. The van der Waals surface area contributed by atoms with Gasteiger partial charge >= 0.3 is 0 Å². The summed E-state index contributed by atoms with van der Waals surface area (Å²) in [6, 6.07) is 16.6. The summed E-state index contributed by atoms with van der Waals surface area (Å²) in [5.74, 6) is 0. The van der Waals surface area contributed by atoms with Crippen LogP contribution < -0.4 is 5.73 Å². The van der Waals surface area contributed by atoms with Gasteiger partial charge in [0.25, 0.3) is 0 Å². The molecule has 2 aromatic rings. The second-order valence-electron chi connectivity index (χ2n) is 4.57. The molecular weight excluding hydrogens is 218 g/mol. The summed E-state index contributed by atoms with van der Waals surface area (Å²) in [6.07, 6.45) is 2.73. The Labute approximate surface area is 109 Å². The van der Waals surface area contributed by atoms with Gasteiger partial charge in [-0.15, -0.1) is 0 Å². The van der Waals surface area contributed by atoms with E-state index in [9.17, 15) is 0 Å². The Morgan fingerprint density at radius 2 is 1.78 bits per heavy atom. The monoisotopic (exact) mass is 237 g/mol. The molecule has 0 saturated heterocycles. The first-order valence-corrected chi connectivity index (χ1v) is 6.24. The van der Waals surface area contributed by atoms with Crippen molar-refractivity contribution in [2.45, 2.75) is 19.4 Å². The molecule has 1 heteroatoms. The zero-order valence-corrected chi connectivity index (χ0v) is 10.8. The fourth-order valence-corrected chi connectivity index (χ4v) is 2.22. The lowest BCUT2D eigenvalue weighted by Gasteiger charge is -2.16. The zero-order chi connectivity index (χ0) is 13.0. The summed E-state index contributed by atoms with van der Waals surface area (Å²) in [7, 11) is 0. The van der Waals surface area contributed by atoms with Gasteiger partial charge in [-0.3, -0.25) is 0 Å². The van der Waals surface area contributed by atoms with Crippen LogP contribution in [0.3, 0.4) is 0 Å². The first-order chi connectivity index (χ1) is 8.72. The van der Waals surface area contributed by atoms with Crippen LogP contribution in [0.1, 0.15) is 28.3 Å². The Hall–Kier alpha value is -1.86. The van der Waals surface area contributed by atoms with Gasteiger partial charge in [-0.1, -0.05) is 61.2 Å². The van der Waals surface area contributed by atoms with Crippen molar-refractivity contribution in [1.29, 1.82) is 0 Å². The number of hydrogen-bond acceptors (Lipinski definition) is 1. The standard InChI is InChI=1S/C17H19N/c1-3-14-9-6-7-11-16(14)17(18)12-15-10-5-4-8-13(15)2/h3-11,17H,1,12,18H2,2H3. The maximum Gasteiger partial charge on any atom is 0.0341 e. The van der Waals surface area contributed by atoms with Crippen LogP contribution in [-0.4, -0.2) is 0 Å². The van der Waals surface area contributed by atoms with Crippen LogP contribution >= 0.6 is 0 Å². The maximum absolute atomic E-state index is 6.32. The van der Waals surface area contributed by atoms with Gasteiger partial charge in [0, 0.05) is 6.04 Å². The summed E-state index contributed by atoms with van der Waals surface area (Å²) in [4.78, 5) is 0. The summed E-state index contributed by atoms with van der Waals surface area (Å²) < 4.78 is 0. The molecule has 1 atom stereocenters. The van der Waals surface area contributed by atoms with E-state index < -0.39 is 0 Å². The van der Waals surface area contributed by atoms with E-state index in [0.717, 1.165) is 17.5 Å². The summed E-state index contributed by atoms with van der Waals surface area (Å²) in [6.45, 7) is 5.97. The molecule has 0 spiro atoms. The highest BCUT2D eigenvalue weighted by Crippen LogP contribution is 2.22. The van der Waals surface area contributed by atoms with Crippen LogP contribution in [0.25, 0.3) is 6.08 Å². The van der Waals surface area contributed by atoms with Crippen molar-refractivity contribution in [3.05, 3.63) is 77.4 Å². The van der Waals surface area contributed by atoms with E-state index in [4.69, 9.17) is 5.73 Å². The predicted octanol–water partition coefficient (Wildman–Crippen LogP) is 3.88. The normalized spacial score (nSPS) is 12.1. The van der Waals surface area contributed by atoms with Crippen molar-refractivity contribution in [2.75, 3.05) is 0 Å². The lowest BCUT2D eigenvalue weighted by atomic mass is 9.94. The summed E-state index contributed by atoms with van der Waals surface area (Å²) in [5.41, 5.74) is 11.2. The Morgan fingerprint density at radius 3 is 2.50 bits per heavy atom. The second kappa shape index (κ2) is 5.65. The van der Waals surface area contributed by atoms with Crippen molar-refractivity contribution in [1.82, 2.24) is 0 Å². The molecule has 92 valence electrons. The molecule has 2 aromatic carbocycles. The van der Waals surface area contributed by atoms with Crippen molar-refractivity contribution in [3.63, 3.8) is 0 Å². The van der Waals surface area contributed by atoms with Crippen LogP contribution in [0.4, 0.5) is 0 Å². The molecule has 0 aliphatic heterocycles. The largest absolute Gasteiger partial charge is 0.324 e. The van der Waals surface area contributed by atoms with Crippen LogP contribution in [-0.2, 0) is 6.42 Å². The Morgan fingerprint density at radius 1 is 1.11 bits per heavy atom. The van der Waals surface area contributed by atoms with Gasteiger partial charge in [0.1, 0.15) is 0 Å². The van der Waals surface area contributed by atoms with E-state index in [1.54, 1.807) is 0 Å². The van der Waals surface area contributed by atoms with Crippen molar-refractivity contribution in [2.24, 2.45) is 5.73 Å². The highest BCUT2D eigenvalue weighted by atomic mass is 14.6. The number of nitrogens with two attached hydrogens (primary N) is 1. The van der Waals surface area contributed by atoms with Crippen LogP contribution in [0.5, 0.6) is 0 Å². The minimum Gasteiger partial charge on any atom is -0.324 e. The molecule has 0 aromatic heterocycles. The van der Waals surface area contributed by atoms with Crippen LogP contribution in [0.2, 0.25) is 0 Å². The molecule has 2 N–H and O–H groups in total. The summed E-state index contributed by atoms with van der Waals surface area (Å²) >= 11 is 0. The van der Waals surface area contributed by atoms with Gasteiger partial charge in [0.2, 0.25) is 0 Å². The first kappa shape index (κ1) is 12.6. The average Bonchev–Trinajstić information content (AvgIpc) is 2.41. The van der Waals surface area contributed by atoms with E-state index in [-0.39, 0.29) is 6.04 Å². The molecule has 0 bridgehead atoms. The maximum atomic E-state index is 6.32. The third kappa shape index (κ3) is 2.69. The molecule has 0 aliphatic carbocycles. The van der Waals surface area contributed by atoms with Gasteiger partial charge in [-0.05, 0) is 35.6 Å². The van der Waals surface area contributed by atoms with E-state index in [1.807, 2.05) is 18.2 Å². The van der Waals surface area contributed by atoms with E-state index in [2.05, 4.69) is 49.9 Å². The van der Waals surface area contributed by atoms with Gasteiger partial charge < -0.3 is 5.73 Å². The van der Waals surface area contributed by atoms with Crippen molar-refractivity contribution >= 4 is 6.08 Å². The Bertz CT molecular complexity index is 543. The average molecular weight is 237 g/mol. The lowest BCUT2D eigenvalue weighted by Crippen LogP contribution is -2.15. The van der Waals surface area contributed by atoms with E-state index >= 15 is 0 Å². The topological polar surface area (TPSA) is 26.0 Å². The zero-order valence-electron chi connectivity index (χ0n) is 10.8. The van der Waals surface area contributed by atoms with Crippen molar-refractivity contribution < 1.29 is 0 Å². The molecule has 0 saturated carbocycles. The van der Waals surface area contributed by atoms with Gasteiger partial charge in [0.15, 0.2) is 0 Å². The first-order valence-electron chi connectivity index (χ1n) is 6.24. The molecule has 0 amide bonds. The number of aryl methyl sites for hydroxylation is 1. The minimum absolute atomic E-state index is 0.0142. The van der Waals surface area contributed by atoms with Gasteiger partial charge in [-0.2, -0.15) is 0 Å². The number of benzene rings is 2. The quantitative estimate of drug-likeness (QED) is 0.858. The molecule has 2 rings (SSSR count). The number of rotatable bonds is 4. The molecule has 0 radical (unpaired) electrons. The minimum atomic E-state index is 0.0142. The predicted molar refractivity (Wildman–Crippen MR) is 78.3 cm³/mol. The highest BCUT2D eigenvalue weighted by molar-refractivity contribution is 5.53. The molecule has 0 aliphatic rings. The molecular formula is C17H19N. The Kier molecular flexibility index (Phi) is 3.96. The molecule has 1 nitrogen and oxygen atoms in total. The fourth-order valence-electron chi connectivity index (χ4n) is 2.22. The highest BCUT2D eigenvalue weighted by Gasteiger charge is 2.10. The van der Waals surface area contributed by atoms with Gasteiger partial charge in [-0.25, -0.2) is 0 Å². The van der Waals surface area contributed by atoms with E-state index in [1.165, 1.54) is 11.1 Å². The smallest absolute Gasteiger partial charge is 0.0341 e. The van der Waals surface area contributed by atoms with Crippen LogP contribution in [0, 0.1) is 6.92 Å². The fraction of sp³-hybridized carbons (Fsp3) is 0.176. The molecule has 0 fully saturated rings. The SMILES string of the molecule is C=Cc1ccccc1C(N)Cc1ccccc1C.